The Kier molecular flexibility index (Phi) is 7.77. The number of hydrogen-bond acceptors (Lipinski definition) is 4. The molecule has 0 aromatic carbocycles. The predicted molar refractivity (Wildman–Crippen MR) is 70.4 cm³/mol. The molecule has 4 nitrogen and oxygen atoms in total. The molecule has 0 bridgehead atoms. The lowest BCUT2D eigenvalue weighted by atomic mass is 9.92. The summed E-state index contributed by atoms with van der Waals surface area (Å²) >= 11 is 0. The van der Waals surface area contributed by atoms with E-state index in [0.717, 1.165) is 26.2 Å². The van der Waals surface area contributed by atoms with Crippen molar-refractivity contribution in [3.8, 4) is 0 Å². The number of ether oxygens (including phenoxy) is 2. The summed E-state index contributed by atoms with van der Waals surface area (Å²) in [5, 5.41) is 3.38. The van der Waals surface area contributed by atoms with E-state index >= 15 is 0 Å². The summed E-state index contributed by atoms with van der Waals surface area (Å²) in [6.45, 7) is 3.87. The molecule has 1 saturated carbocycles. The van der Waals surface area contributed by atoms with Gasteiger partial charge in [-0.3, -0.25) is 0 Å². The number of nitrogens with one attached hydrogen (secondary N) is 1. The van der Waals surface area contributed by atoms with Crippen LogP contribution in [0.3, 0.4) is 0 Å². The summed E-state index contributed by atoms with van der Waals surface area (Å²) in [7, 11) is 5.79. The standard InChI is InChI=1S/C13H28N2O2/c1-15(9-7-14-8-10-16-2)12-5-4-6-13(11-12)17-3/h12-14H,4-11H2,1-3H3. The Morgan fingerprint density at radius 2 is 2.06 bits per heavy atom. The van der Waals surface area contributed by atoms with Crippen molar-refractivity contribution >= 4 is 0 Å². The molecule has 1 N–H and O–H groups in total. The van der Waals surface area contributed by atoms with Crippen molar-refractivity contribution < 1.29 is 9.47 Å². The van der Waals surface area contributed by atoms with Gasteiger partial charge in [0, 0.05) is 39.9 Å². The molecule has 2 atom stereocenters. The van der Waals surface area contributed by atoms with Gasteiger partial charge >= 0.3 is 0 Å². The van der Waals surface area contributed by atoms with Crippen LogP contribution in [0.25, 0.3) is 0 Å². The summed E-state index contributed by atoms with van der Waals surface area (Å²) in [5.41, 5.74) is 0. The molecular weight excluding hydrogens is 216 g/mol. The normalized spacial score (nSPS) is 25.4. The molecule has 0 spiro atoms. The molecule has 1 rings (SSSR count). The Hall–Kier alpha value is -0.160. The molecular formula is C13H28N2O2. The van der Waals surface area contributed by atoms with Gasteiger partial charge in [0.05, 0.1) is 12.7 Å². The average molecular weight is 244 g/mol. The quantitative estimate of drug-likeness (QED) is 0.649. The lowest BCUT2D eigenvalue weighted by Crippen LogP contribution is -2.41. The van der Waals surface area contributed by atoms with E-state index in [1.165, 1.54) is 25.7 Å². The Morgan fingerprint density at radius 1 is 1.24 bits per heavy atom. The summed E-state index contributed by atoms with van der Waals surface area (Å²) in [5.74, 6) is 0. The van der Waals surface area contributed by atoms with Crippen molar-refractivity contribution in [3.63, 3.8) is 0 Å². The van der Waals surface area contributed by atoms with Crippen LogP contribution in [0.4, 0.5) is 0 Å². The fraction of sp³-hybridized carbons (Fsp3) is 1.00. The second-order valence-electron chi connectivity index (χ2n) is 4.90. The van der Waals surface area contributed by atoms with Gasteiger partial charge in [0.1, 0.15) is 0 Å². The lowest BCUT2D eigenvalue weighted by Gasteiger charge is -2.34. The third kappa shape index (κ3) is 5.82. The van der Waals surface area contributed by atoms with Gasteiger partial charge in [0.2, 0.25) is 0 Å². The maximum atomic E-state index is 5.47. The van der Waals surface area contributed by atoms with Crippen LogP contribution in [0.2, 0.25) is 0 Å². The van der Waals surface area contributed by atoms with E-state index in [2.05, 4.69) is 17.3 Å². The van der Waals surface area contributed by atoms with Gasteiger partial charge < -0.3 is 19.7 Å². The second kappa shape index (κ2) is 8.86. The first-order chi connectivity index (χ1) is 8.27. The van der Waals surface area contributed by atoms with Gasteiger partial charge in [-0.25, -0.2) is 0 Å². The zero-order chi connectivity index (χ0) is 12.5. The van der Waals surface area contributed by atoms with E-state index in [1.807, 2.05) is 7.11 Å². The topological polar surface area (TPSA) is 33.7 Å². The summed E-state index contributed by atoms with van der Waals surface area (Å²) in [4.78, 5) is 2.46. The monoisotopic (exact) mass is 244 g/mol. The van der Waals surface area contributed by atoms with Crippen molar-refractivity contribution in [1.29, 1.82) is 0 Å². The number of hydrogen-bond donors (Lipinski definition) is 1. The van der Waals surface area contributed by atoms with Gasteiger partial charge in [-0.2, -0.15) is 0 Å². The Balaban J connectivity index is 2.11. The zero-order valence-corrected chi connectivity index (χ0v) is 11.6. The highest BCUT2D eigenvalue weighted by Crippen LogP contribution is 2.23. The third-order valence-electron chi connectivity index (χ3n) is 3.68. The minimum atomic E-state index is 0.470. The maximum Gasteiger partial charge on any atom is 0.0587 e. The zero-order valence-electron chi connectivity index (χ0n) is 11.6. The first kappa shape index (κ1) is 14.9. The fourth-order valence-electron chi connectivity index (χ4n) is 2.47. The third-order valence-corrected chi connectivity index (χ3v) is 3.68. The molecule has 1 aliphatic carbocycles. The molecule has 2 unspecified atom stereocenters. The van der Waals surface area contributed by atoms with Crippen LogP contribution in [0.1, 0.15) is 25.7 Å². The Labute approximate surface area is 106 Å². The van der Waals surface area contributed by atoms with Gasteiger partial charge in [0.15, 0.2) is 0 Å². The summed E-state index contributed by atoms with van der Waals surface area (Å²) in [6, 6.07) is 0.693. The Morgan fingerprint density at radius 3 is 2.76 bits per heavy atom. The van der Waals surface area contributed by atoms with Gasteiger partial charge in [0.25, 0.3) is 0 Å². The molecule has 0 aromatic rings. The molecule has 1 aliphatic rings. The van der Waals surface area contributed by atoms with Crippen molar-refractivity contribution in [2.45, 2.75) is 37.8 Å². The largest absolute Gasteiger partial charge is 0.383 e. The average Bonchev–Trinajstić information content (AvgIpc) is 2.38. The molecule has 0 amide bonds. The highest BCUT2D eigenvalue weighted by molar-refractivity contribution is 4.79. The van der Waals surface area contributed by atoms with Crippen molar-refractivity contribution in [2.24, 2.45) is 0 Å². The fourth-order valence-corrected chi connectivity index (χ4v) is 2.47. The van der Waals surface area contributed by atoms with E-state index in [9.17, 15) is 0 Å². The SMILES string of the molecule is COCCNCCN(C)C1CCCC(OC)C1. The van der Waals surface area contributed by atoms with Gasteiger partial charge in [-0.15, -0.1) is 0 Å². The highest BCUT2D eigenvalue weighted by atomic mass is 16.5. The van der Waals surface area contributed by atoms with E-state index in [0.29, 0.717) is 12.1 Å². The number of nitrogens with zero attached hydrogens (tertiary/aromatic N) is 1. The van der Waals surface area contributed by atoms with Crippen LogP contribution >= 0.6 is 0 Å². The molecule has 0 radical (unpaired) electrons. The first-order valence-corrected chi connectivity index (χ1v) is 6.70. The van der Waals surface area contributed by atoms with Crippen LogP contribution in [-0.4, -0.2) is 64.6 Å². The predicted octanol–water partition coefficient (Wildman–Crippen LogP) is 1.11. The van der Waals surface area contributed by atoms with Crippen LogP contribution in [0.5, 0.6) is 0 Å². The lowest BCUT2D eigenvalue weighted by molar-refractivity contribution is 0.0348. The molecule has 0 heterocycles. The van der Waals surface area contributed by atoms with Crippen LogP contribution in [-0.2, 0) is 9.47 Å². The number of rotatable bonds is 8. The Bertz CT molecular complexity index is 190. The first-order valence-electron chi connectivity index (χ1n) is 6.70. The van der Waals surface area contributed by atoms with Crippen LogP contribution < -0.4 is 5.32 Å². The van der Waals surface area contributed by atoms with Crippen LogP contribution in [0, 0.1) is 0 Å². The number of likely N-dealkylation sites (N-methyl/N-ethyl adjacent to an activating group) is 1. The van der Waals surface area contributed by atoms with Crippen molar-refractivity contribution in [2.75, 3.05) is 47.5 Å². The molecule has 0 saturated heterocycles. The van der Waals surface area contributed by atoms with E-state index in [1.54, 1.807) is 7.11 Å². The molecule has 1 fully saturated rings. The smallest absolute Gasteiger partial charge is 0.0587 e. The molecule has 4 heteroatoms. The molecule has 102 valence electrons. The van der Waals surface area contributed by atoms with Crippen molar-refractivity contribution in [3.05, 3.63) is 0 Å². The van der Waals surface area contributed by atoms with E-state index in [-0.39, 0.29) is 0 Å². The minimum Gasteiger partial charge on any atom is -0.383 e. The number of methoxy groups -OCH3 is 2. The van der Waals surface area contributed by atoms with Gasteiger partial charge in [-0.05, 0) is 32.7 Å². The van der Waals surface area contributed by atoms with E-state index in [4.69, 9.17) is 9.47 Å². The summed E-state index contributed by atoms with van der Waals surface area (Å²) < 4.78 is 10.5. The van der Waals surface area contributed by atoms with E-state index < -0.39 is 0 Å². The van der Waals surface area contributed by atoms with Crippen LogP contribution in [0.15, 0.2) is 0 Å². The maximum absolute atomic E-state index is 5.47. The molecule has 0 aromatic heterocycles. The highest BCUT2D eigenvalue weighted by Gasteiger charge is 2.24. The minimum absolute atomic E-state index is 0.470. The van der Waals surface area contributed by atoms with Gasteiger partial charge in [-0.1, -0.05) is 0 Å². The summed E-state index contributed by atoms with van der Waals surface area (Å²) in [6.07, 6.45) is 5.49. The molecule has 0 aliphatic heterocycles. The van der Waals surface area contributed by atoms with Crippen molar-refractivity contribution in [1.82, 2.24) is 10.2 Å². The molecule has 17 heavy (non-hydrogen) atoms. The second-order valence-corrected chi connectivity index (χ2v) is 4.90.